The van der Waals surface area contributed by atoms with Gasteiger partial charge in [-0.25, -0.2) is 0 Å². The molecule has 1 amide bonds. The van der Waals surface area contributed by atoms with Crippen LogP contribution in [-0.2, 0) is 5.60 Å². The summed E-state index contributed by atoms with van der Waals surface area (Å²) in [7, 11) is -9.96. The summed E-state index contributed by atoms with van der Waals surface area (Å²) in [5, 5.41) is 27.8. The van der Waals surface area contributed by atoms with Crippen molar-refractivity contribution in [1.82, 2.24) is 9.78 Å². The van der Waals surface area contributed by atoms with Crippen molar-refractivity contribution in [2.75, 3.05) is 11.9 Å². The van der Waals surface area contributed by atoms with E-state index >= 15 is 0 Å². The number of aromatic nitrogens is 2. The van der Waals surface area contributed by atoms with Crippen LogP contribution >= 0.6 is 10.2 Å². The minimum Gasteiger partial charge on any atom is -0.396 e. The SMILES string of the molecule is CC(C)(O)c1cc2nn(C3CCC(CO)CC3)cc2cc1NC(=O)c1cccc(S(F)(F)(F)(F)F)c1. The van der Waals surface area contributed by atoms with Crippen molar-refractivity contribution >= 4 is 32.7 Å². The topological polar surface area (TPSA) is 87.4 Å². The molecule has 0 spiro atoms. The van der Waals surface area contributed by atoms with Crippen molar-refractivity contribution in [2.45, 2.75) is 56.1 Å². The Morgan fingerprint density at radius 3 is 2.36 bits per heavy atom. The first-order chi connectivity index (χ1) is 16.4. The molecule has 12 heteroatoms. The van der Waals surface area contributed by atoms with Crippen LogP contribution in [0.1, 0.15) is 61.5 Å². The van der Waals surface area contributed by atoms with Crippen LogP contribution in [0.25, 0.3) is 10.9 Å². The number of halogens is 5. The number of nitrogens with zero attached hydrogens (tertiary/aromatic N) is 2. The van der Waals surface area contributed by atoms with E-state index in [2.05, 4.69) is 10.4 Å². The number of fused-ring (bicyclic) bond motifs is 1. The normalized spacial score (nSPS) is 21.1. The van der Waals surface area contributed by atoms with Crippen molar-refractivity contribution < 1.29 is 34.4 Å². The second-order valence-electron chi connectivity index (χ2n) is 9.93. The lowest BCUT2D eigenvalue weighted by Crippen LogP contribution is -2.21. The molecular weight excluding hydrogens is 505 g/mol. The molecule has 36 heavy (non-hydrogen) atoms. The number of benzene rings is 2. The Labute approximate surface area is 204 Å². The number of amides is 1. The fourth-order valence-corrected chi connectivity index (χ4v) is 5.24. The van der Waals surface area contributed by atoms with Crippen LogP contribution in [-0.4, -0.2) is 32.5 Å². The van der Waals surface area contributed by atoms with E-state index in [0.717, 1.165) is 37.8 Å². The number of anilines is 1. The first kappa shape index (κ1) is 26.4. The highest BCUT2D eigenvalue weighted by molar-refractivity contribution is 8.45. The Morgan fingerprint density at radius 2 is 1.78 bits per heavy atom. The Morgan fingerprint density at radius 1 is 1.11 bits per heavy atom. The van der Waals surface area contributed by atoms with Crippen molar-refractivity contribution in [3.05, 3.63) is 53.7 Å². The van der Waals surface area contributed by atoms with Crippen LogP contribution < -0.4 is 5.32 Å². The van der Waals surface area contributed by atoms with Gasteiger partial charge >= 0.3 is 10.2 Å². The monoisotopic (exact) mass is 533 g/mol. The van der Waals surface area contributed by atoms with Gasteiger partial charge in [0, 0.05) is 35.0 Å². The van der Waals surface area contributed by atoms with Crippen LogP contribution in [0.3, 0.4) is 0 Å². The second-order valence-corrected chi connectivity index (χ2v) is 12.3. The molecule has 3 N–H and O–H groups in total. The molecular formula is C24H28F5N3O3S. The van der Waals surface area contributed by atoms with Crippen molar-refractivity contribution in [2.24, 2.45) is 5.92 Å². The number of nitrogens with one attached hydrogen (secondary N) is 1. The molecule has 0 atom stereocenters. The van der Waals surface area contributed by atoms with E-state index in [1.165, 1.54) is 13.8 Å². The summed E-state index contributed by atoms with van der Waals surface area (Å²) in [6.45, 7) is 3.11. The molecule has 3 aromatic rings. The van der Waals surface area contributed by atoms with Gasteiger partial charge in [-0.1, -0.05) is 25.5 Å². The van der Waals surface area contributed by atoms with Gasteiger partial charge in [0.2, 0.25) is 0 Å². The third kappa shape index (κ3) is 5.65. The highest BCUT2D eigenvalue weighted by Gasteiger charge is 2.65. The van der Waals surface area contributed by atoms with Crippen LogP contribution in [0.4, 0.5) is 25.1 Å². The molecule has 2 aromatic carbocycles. The molecule has 0 bridgehead atoms. The highest BCUT2D eigenvalue weighted by Crippen LogP contribution is 3.02. The average molecular weight is 534 g/mol. The molecule has 1 aliphatic rings. The van der Waals surface area contributed by atoms with Gasteiger partial charge in [-0.05, 0) is 75.8 Å². The summed E-state index contributed by atoms with van der Waals surface area (Å²) in [6, 6.07) is 5.38. The predicted molar refractivity (Wildman–Crippen MR) is 129 cm³/mol. The first-order valence-corrected chi connectivity index (χ1v) is 13.4. The van der Waals surface area contributed by atoms with E-state index < -0.39 is 32.2 Å². The zero-order chi connectivity index (χ0) is 26.6. The first-order valence-electron chi connectivity index (χ1n) is 11.5. The third-order valence-electron chi connectivity index (χ3n) is 6.56. The third-order valence-corrected chi connectivity index (χ3v) is 7.70. The van der Waals surface area contributed by atoms with E-state index in [1.807, 2.05) is 4.68 Å². The van der Waals surface area contributed by atoms with Crippen LogP contribution in [0.5, 0.6) is 0 Å². The van der Waals surface area contributed by atoms with Gasteiger partial charge in [-0.2, -0.15) is 5.10 Å². The molecule has 6 nitrogen and oxygen atoms in total. The highest BCUT2D eigenvalue weighted by atomic mass is 32.5. The van der Waals surface area contributed by atoms with Crippen molar-refractivity contribution in [3.8, 4) is 0 Å². The fourth-order valence-electron chi connectivity index (χ4n) is 4.55. The zero-order valence-corrected chi connectivity index (χ0v) is 20.5. The maximum Gasteiger partial charge on any atom is 0.310 e. The molecule has 198 valence electrons. The summed E-state index contributed by atoms with van der Waals surface area (Å²) < 4.78 is 67.9. The lowest BCUT2D eigenvalue weighted by molar-refractivity contribution is 0.0793. The minimum atomic E-state index is -9.96. The largest absolute Gasteiger partial charge is 0.396 e. The molecule has 1 saturated carbocycles. The summed E-state index contributed by atoms with van der Waals surface area (Å²) in [4.78, 5) is 10.6. The fraction of sp³-hybridized carbons (Fsp3) is 0.417. The lowest BCUT2D eigenvalue weighted by atomic mass is 9.87. The summed E-state index contributed by atoms with van der Waals surface area (Å²) >= 11 is 0. The quantitative estimate of drug-likeness (QED) is 0.301. The molecule has 1 aliphatic carbocycles. The number of aliphatic hydroxyl groups excluding tert-OH is 1. The standard InChI is InChI=1S/C24H28F5N3O3S/c1-24(2,35)20-12-21-17(13-32(31-21)18-8-6-15(14-33)7-9-18)11-22(20)30-23(34)16-4-3-5-19(10-16)36(25,26,27,28)29/h3-5,10-13,15,18,33,35H,6-9,14H2,1-2H3,(H,30,34). The maximum atomic E-state index is 13.2. The molecule has 1 aromatic heterocycles. The molecule has 0 aliphatic heterocycles. The van der Waals surface area contributed by atoms with Gasteiger partial charge in [0.25, 0.3) is 5.91 Å². The van der Waals surface area contributed by atoms with Gasteiger partial charge in [-0.3, -0.25) is 9.48 Å². The Kier molecular flexibility index (Phi) is 5.97. The average Bonchev–Trinajstić information content (AvgIpc) is 3.19. The lowest BCUT2D eigenvalue weighted by Gasteiger charge is -2.40. The van der Waals surface area contributed by atoms with Crippen LogP contribution in [0.2, 0.25) is 0 Å². The molecule has 1 fully saturated rings. The minimum absolute atomic E-state index is 0.124. The predicted octanol–water partition coefficient (Wildman–Crippen LogP) is 6.90. The number of rotatable bonds is 6. The van der Waals surface area contributed by atoms with Gasteiger partial charge < -0.3 is 15.5 Å². The number of aliphatic hydroxyl groups is 2. The number of hydrogen-bond acceptors (Lipinski definition) is 4. The summed E-state index contributed by atoms with van der Waals surface area (Å²) in [5.74, 6) is -0.759. The number of carbonyl (C=O) groups is 1. The number of hydrogen-bond donors (Lipinski definition) is 3. The zero-order valence-electron chi connectivity index (χ0n) is 19.7. The van der Waals surface area contributed by atoms with E-state index in [-0.39, 0.29) is 42.0 Å². The summed E-state index contributed by atoms with van der Waals surface area (Å²) in [6.07, 6.45) is 5.20. The van der Waals surface area contributed by atoms with Crippen LogP contribution in [0.15, 0.2) is 47.5 Å². The van der Waals surface area contributed by atoms with Gasteiger partial charge in [0.05, 0.1) is 17.2 Å². The Bertz CT molecular complexity index is 1310. The smallest absolute Gasteiger partial charge is 0.310 e. The molecule has 0 saturated heterocycles. The Balaban J connectivity index is 1.68. The number of carbonyl (C=O) groups excluding carboxylic acids is 1. The molecule has 1 heterocycles. The van der Waals surface area contributed by atoms with Crippen molar-refractivity contribution in [1.29, 1.82) is 0 Å². The second kappa shape index (κ2) is 8.15. The van der Waals surface area contributed by atoms with Gasteiger partial charge in [-0.15, -0.1) is 0 Å². The molecule has 0 radical (unpaired) electrons. The van der Waals surface area contributed by atoms with E-state index in [1.54, 1.807) is 18.3 Å². The molecule has 0 unspecified atom stereocenters. The maximum absolute atomic E-state index is 13.2. The summed E-state index contributed by atoms with van der Waals surface area (Å²) in [5.41, 5.74) is -1.11. The van der Waals surface area contributed by atoms with Crippen LogP contribution in [0, 0.1) is 5.92 Å². The van der Waals surface area contributed by atoms with E-state index in [4.69, 9.17) is 0 Å². The Hall–Kier alpha value is -2.70. The van der Waals surface area contributed by atoms with E-state index in [0.29, 0.717) is 10.9 Å². The molecule has 4 rings (SSSR count). The van der Waals surface area contributed by atoms with E-state index in [9.17, 15) is 34.4 Å². The van der Waals surface area contributed by atoms with Gasteiger partial charge in [0.1, 0.15) is 4.90 Å². The van der Waals surface area contributed by atoms with Gasteiger partial charge in [0.15, 0.2) is 0 Å². The van der Waals surface area contributed by atoms with Crippen molar-refractivity contribution in [3.63, 3.8) is 0 Å².